The van der Waals surface area contributed by atoms with Crippen molar-refractivity contribution in [3.8, 4) is 0 Å². The second-order valence-corrected chi connectivity index (χ2v) is 27.0. The Morgan fingerprint density at radius 3 is 1.07 bits per heavy atom. The minimum atomic E-state index is -4.60. The lowest BCUT2D eigenvalue weighted by Gasteiger charge is -2.29. The van der Waals surface area contributed by atoms with Gasteiger partial charge in [0, 0.05) is 6.42 Å². The predicted molar refractivity (Wildman–Crippen MR) is 362 cm³/mol. The molecule has 486 valence electrons. The maximum atomic E-state index is 13.0. The maximum absolute atomic E-state index is 13.0. The number of allylic oxidation sites excluding steroid dienone is 11. The Morgan fingerprint density at radius 2 is 0.735 bits per heavy atom. The number of aliphatic hydroxyl groups excluding tert-OH is 1. The molecule has 0 aliphatic rings. The van der Waals surface area contributed by atoms with Crippen molar-refractivity contribution in [2.75, 3.05) is 40.9 Å². The quantitative estimate of drug-likeness (QED) is 0.0272. The molecule has 0 heterocycles. The zero-order chi connectivity index (χ0) is 60.5. The highest BCUT2D eigenvalue weighted by atomic mass is 31.2. The summed E-state index contributed by atoms with van der Waals surface area (Å²) >= 11 is 0. The summed E-state index contributed by atoms with van der Waals surface area (Å²) in [6, 6.07) is -0.888. The van der Waals surface area contributed by atoms with Crippen LogP contribution in [0.3, 0.4) is 0 Å². The van der Waals surface area contributed by atoms with E-state index in [-0.39, 0.29) is 19.1 Å². The van der Waals surface area contributed by atoms with Crippen molar-refractivity contribution in [2.24, 2.45) is 0 Å². The van der Waals surface area contributed by atoms with Crippen LogP contribution in [0.5, 0.6) is 0 Å². The topological polar surface area (TPSA) is 108 Å². The number of hydrogen-bond acceptors (Lipinski definition) is 6. The summed E-state index contributed by atoms with van der Waals surface area (Å²) in [5, 5.41) is 14.0. The zero-order valence-corrected chi connectivity index (χ0v) is 56.5. The number of nitrogens with zero attached hydrogens (tertiary/aromatic N) is 1. The molecule has 0 radical (unpaired) electrons. The van der Waals surface area contributed by atoms with E-state index in [4.69, 9.17) is 9.05 Å². The van der Waals surface area contributed by atoms with Crippen LogP contribution >= 0.6 is 7.82 Å². The molecular formula is C74H139N2O6P. The van der Waals surface area contributed by atoms with E-state index >= 15 is 0 Å². The predicted octanol–water partition coefficient (Wildman–Crippen LogP) is 22.3. The van der Waals surface area contributed by atoms with Gasteiger partial charge in [-0.2, -0.15) is 0 Å². The van der Waals surface area contributed by atoms with Crippen molar-refractivity contribution in [3.05, 3.63) is 72.9 Å². The van der Waals surface area contributed by atoms with Crippen LogP contribution in [0, 0.1) is 0 Å². The summed E-state index contributed by atoms with van der Waals surface area (Å²) in [5.74, 6) is -0.191. The van der Waals surface area contributed by atoms with Crippen LogP contribution in [0.1, 0.15) is 341 Å². The Morgan fingerprint density at radius 1 is 0.434 bits per heavy atom. The van der Waals surface area contributed by atoms with E-state index in [1.165, 1.54) is 250 Å². The summed E-state index contributed by atoms with van der Waals surface area (Å²) in [5.41, 5.74) is 0. The normalized spacial score (nSPS) is 14.1. The van der Waals surface area contributed by atoms with Crippen LogP contribution in [-0.2, 0) is 18.4 Å². The van der Waals surface area contributed by atoms with Gasteiger partial charge in [0.25, 0.3) is 7.82 Å². The second-order valence-electron chi connectivity index (χ2n) is 25.6. The van der Waals surface area contributed by atoms with Gasteiger partial charge in [-0.25, -0.2) is 0 Å². The fourth-order valence-corrected chi connectivity index (χ4v) is 11.4. The Hall–Kier alpha value is -2.06. The molecule has 0 aromatic rings. The highest BCUT2D eigenvalue weighted by molar-refractivity contribution is 7.45. The highest BCUT2D eigenvalue weighted by Gasteiger charge is 2.23. The number of carbonyl (C=O) groups is 1. The van der Waals surface area contributed by atoms with E-state index in [2.05, 4.69) is 79.9 Å². The van der Waals surface area contributed by atoms with Crippen LogP contribution in [0.2, 0.25) is 0 Å². The molecule has 83 heavy (non-hydrogen) atoms. The number of amides is 1. The molecular weight excluding hydrogens is 1040 g/mol. The number of nitrogens with one attached hydrogen (secondary N) is 1. The number of phosphoric acid groups is 1. The van der Waals surface area contributed by atoms with Gasteiger partial charge in [0.2, 0.25) is 5.91 Å². The maximum Gasteiger partial charge on any atom is 0.268 e. The van der Waals surface area contributed by atoms with Crippen molar-refractivity contribution in [2.45, 2.75) is 353 Å². The lowest BCUT2D eigenvalue weighted by molar-refractivity contribution is -0.870. The van der Waals surface area contributed by atoms with Crippen LogP contribution in [0.25, 0.3) is 0 Å². The second kappa shape index (κ2) is 64.4. The molecule has 0 aliphatic heterocycles. The van der Waals surface area contributed by atoms with Crippen molar-refractivity contribution in [3.63, 3.8) is 0 Å². The van der Waals surface area contributed by atoms with Crippen molar-refractivity contribution in [1.29, 1.82) is 0 Å². The molecule has 0 saturated carbocycles. The number of phosphoric ester groups is 1. The van der Waals surface area contributed by atoms with Gasteiger partial charge in [0.05, 0.1) is 39.9 Å². The largest absolute Gasteiger partial charge is 0.756 e. The van der Waals surface area contributed by atoms with Gasteiger partial charge in [0.15, 0.2) is 0 Å². The van der Waals surface area contributed by atoms with Gasteiger partial charge in [-0.1, -0.05) is 344 Å². The van der Waals surface area contributed by atoms with Crippen LogP contribution < -0.4 is 10.2 Å². The third kappa shape index (κ3) is 67.3. The first-order valence-corrected chi connectivity index (χ1v) is 37.3. The number of aliphatic hydroxyl groups is 1. The summed E-state index contributed by atoms with van der Waals surface area (Å²) < 4.78 is 23.5. The Balaban J connectivity index is 3.97. The molecule has 0 aromatic carbocycles. The van der Waals surface area contributed by atoms with Crippen LogP contribution in [0.15, 0.2) is 72.9 Å². The molecule has 0 spiro atoms. The average Bonchev–Trinajstić information content (AvgIpc) is 3.50. The van der Waals surface area contributed by atoms with E-state index in [1.807, 2.05) is 27.2 Å². The lowest BCUT2D eigenvalue weighted by Crippen LogP contribution is -2.45. The van der Waals surface area contributed by atoms with Crippen molar-refractivity contribution < 1.29 is 32.9 Å². The molecule has 0 aromatic heterocycles. The minimum Gasteiger partial charge on any atom is -0.756 e. The van der Waals surface area contributed by atoms with Gasteiger partial charge in [0.1, 0.15) is 13.2 Å². The van der Waals surface area contributed by atoms with E-state index in [0.29, 0.717) is 17.4 Å². The van der Waals surface area contributed by atoms with Gasteiger partial charge in [-0.05, 0) is 64.2 Å². The molecule has 9 heteroatoms. The molecule has 0 fully saturated rings. The third-order valence-electron chi connectivity index (χ3n) is 16.2. The van der Waals surface area contributed by atoms with E-state index < -0.39 is 20.0 Å². The lowest BCUT2D eigenvalue weighted by atomic mass is 10.0. The molecule has 0 rings (SSSR count). The number of unbranched alkanes of at least 4 members (excludes halogenated alkanes) is 43. The minimum absolute atomic E-state index is 0.000152. The Bertz CT molecular complexity index is 1580. The van der Waals surface area contributed by atoms with Gasteiger partial charge >= 0.3 is 0 Å². The Kier molecular flexibility index (Phi) is 62.8. The third-order valence-corrected chi connectivity index (χ3v) is 17.1. The summed E-state index contributed by atoms with van der Waals surface area (Å²) in [6.07, 6.45) is 90.3. The summed E-state index contributed by atoms with van der Waals surface area (Å²) in [4.78, 5) is 25.6. The molecule has 0 aliphatic carbocycles. The van der Waals surface area contributed by atoms with E-state index in [9.17, 15) is 19.4 Å². The summed E-state index contributed by atoms with van der Waals surface area (Å²) in [6.45, 7) is 4.58. The molecule has 1 amide bonds. The van der Waals surface area contributed by atoms with Crippen molar-refractivity contribution >= 4 is 13.7 Å². The fraction of sp³-hybridized carbons (Fsp3) is 0.824. The van der Waals surface area contributed by atoms with E-state index in [0.717, 1.165) is 70.6 Å². The van der Waals surface area contributed by atoms with Gasteiger partial charge in [-0.15, -0.1) is 0 Å². The number of rotatable bonds is 66. The zero-order valence-electron chi connectivity index (χ0n) is 55.6. The fourth-order valence-electron chi connectivity index (χ4n) is 10.7. The monoisotopic (exact) mass is 1180 g/mol. The first kappa shape index (κ1) is 80.9. The molecule has 3 unspecified atom stereocenters. The molecule has 3 atom stereocenters. The van der Waals surface area contributed by atoms with Gasteiger partial charge < -0.3 is 28.8 Å². The number of carbonyl (C=O) groups excluding carboxylic acids is 1. The van der Waals surface area contributed by atoms with E-state index in [1.54, 1.807) is 6.08 Å². The SMILES string of the molecule is CC/C=C\C/C=C\C/C=C\C/C=C\C/C=C\CCCCCCCCCCCCCCCCCCCCCCCCCC(=O)NC(COP(=O)([O-])OCC[N+](C)(C)C)C(O)/C=C/CCCCCCCCCCCCCCCCCCCCCC. The number of quaternary nitrogens is 1. The standard InChI is InChI=1S/C74H139N2O6P/c1-6-8-10-12-14-16-18-20-22-24-26-28-30-31-32-33-34-35-36-37-38-39-40-41-42-43-44-45-46-48-50-52-54-56-58-60-62-64-66-68-74(78)75-72(71-82-83(79,80)81-70-69-76(3,4)5)73(77)67-65-63-61-59-57-55-53-51-49-47-29-27-25-23-21-19-17-15-13-11-9-7-2/h8,10,14,16,20,22,26,28,31-32,65,67,72-73,77H,6-7,9,11-13,15,17-19,21,23-25,27,29-30,33-64,66,68-71H2,1-5H3,(H-,75,78,79,80)/b10-8-,16-14-,22-20-,28-26-,32-31-,67-65+. The molecule has 0 bridgehead atoms. The Labute approximate surface area is 516 Å². The molecule has 0 saturated heterocycles. The van der Waals surface area contributed by atoms with Crippen LogP contribution in [0.4, 0.5) is 0 Å². The summed E-state index contributed by atoms with van der Waals surface area (Å²) in [7, 11) is 1.27. The molecule has 2 N–H and O–H groups in total. The smallest absolute Gasteiger partial charge is 0.268 e. The van der Waals surface area contributed by atoms with Crippen molar-refractivity contribution in [1.82, 2.24) is 5.32 Å². The number of hydrogen-bond donors (Lipinski definition) is 2. The first-order chi connectivity index (χ1) is 40.5. The van der Waals surface area contributed by atoms with Gasteiger partial charge in [-0.3, -0.25) is 9.36 Å². The number of likely N-dealkylation sites (N-methyl/N-ethyl adjacent to an activating group) is 1. The van der Waals surface area contributed by atoms with Crippen LogP contribution in [-0.4, -0.2) is 68.5 Å². The first-order valence-electron chi connectivity index (χ1n) is 35.8. The highest BCUT2D eigenvalue weighted by Crippen LogP contribution is 2.38. The molecule has 8 nitrogen and oxygen atoms in total. The average molecular weight is 1180 g/mol.